The number of rotatable bonds is 2. The first kappa shape index (κ1) is 13.1. The van der Waals surface area contributed by atoms with Gasteiger partial charge in [0.1, 0.15) is 4.90 Å². The first-order chi connectivity index (χ1) is 9.50. The molecule has 0 saturated carbocycles. The van der Waals surface area contributed by atoms with Crippen LogP contribution >= 0.6 is 0 Å². The van der Waals surface area contributed by atoms with Gasteiger partial charge in [0, 0.05) is 31.7 Å². The lowest BCUT2D eigenvalue weighted by Gasteiger charge is -2.30. The fraction of sp³-hybridized carbons (Fsp3) is 0.286. The summed E-state index contributed by atoms with van der Waals surface area (Å²) in [5.41, 5.74) is 8.26. The fourth-order valence-corrected chi connectivity index (χ4v) is 4.21. The van der Waals surface area contributed by atoms with E-state index in [-0.39, 0.29) is 0 Å². The zero-order valence-corrected chi connectivity index (χ0v) is 12.1. The maximum absolute atomic E-state index is 12.7. The van der Waals surface area contributed by atoms with Crippen molar-refractivity contribution in [3.05, 3.63) is 42.2 Å². The first-order valence-electron chi connectivity index (χ1n) is 6.52. The highest BCUT2D eigenvalue weighted by atomic mass is 32.2. The Morgan fingerprint density at radius 3 is 2.75 bits per heavy atom. The van der Waals surface area contributed by atoms with Crippen molar-refractivity contribution in [3.8, 4) is 0 Å². The minimum absolute atomic E-state index is 0.315. The molecule has 6 heteroatoms. The molecule has 20 heavy (non-hydrogen) atoms. The molecule has 2 N–H and O–H groups in total. The van der Waals surface area contributed by atoms with Crippen molar-refractivity contribution >= 4 is 21.4 Å². The van der Waals surface area contributed by atoms with Crippen molar-refractivity contribution in [2.24, 2.45) is 7.05 Å². The number of fused-ring (bicyclic) bond motifs is 1. The molecule has 0 radical (unpaired) electrons. The summed E-state index contributed by atoms with van der Waals surface area (Å²) in [4.78, 5) is 0.315. The summed E-state index contributed by atoms with van der Waals surface area (Å²) in [6.45, 7) is 0.494. The van der Waals surface area contributed by atoms with Crippen molar-refractivity contribution in [2.75, 3.05) is 16.6 Å². The summed E-state index contributed by atoms with van der Waals surface area (Å²) >= 11 is 0. The van der Waals surface area contributed by atoms with E-state index in [9.17, 15) is 8.42 Å². The van der Waals surface area contributed by atoms with E-state index < -0.39 is 10.0 Å². The minimum Gasteiger partial charge on any atom is -0.398 e. The van der Waals surface area contributed by atoms with Gasteiger partial charge in [-0.05, 0) is 36.6 Å². The van der Waals surface area contributed by atoms with Gasteiger partial charge in [0.2, 0.25) is 0 Å². The van der Waals surface area contributed by atoms with Gasteiger partial charge >= 0.3 is 0 Å². The fourth-order valence-electron chi connectivity index (χ4n) is 2.63. The van der Waals surface area contributed by atoms with Crippen LogP contribution in [0.5, 0.6) is 0 Å². The highest BCUT2D eigenvalue weighted by molar-refractivity contribution is 7.92. The van der Waals surface area contributed by atoms with Gasteiger partial charge in [-0.2, -0.15) is 0 Å². The maximum atomic E-state index is 12.7. The Morgan fingerprint density at radius 2 is 2.05 bits per heavy atom. The van der Waals surface area contributed by atoms with E-state index in [0.29, 0.717) is 22.8 Å². The number of nitrogen functional groups attached to an aromatic ring is 1. The number of hydrogen-bond acceptors (Lipinski definition) is 3. The van der Waals surface area contributed by atoms with E-state index in [1.54, 1.807) is 36.1 Å². The molecule has 106 valence electrons. The van der Waals surface area contributed by atoms with Crippen molar-refractivity contribution in [1.29, 1.82) is 0 Å². The van der Waals surface area contributed by atoms with Crippen LogP contribution < -0.4 is 10.0 Å². The lowest BCUT2D eigenvalue weighted by atomic mass is 10.0. The van der Waals surface area contributed by atoms with Gasteiger partial charge in [-0.25, -0.2) is 8.42 Å². The standard InChI is InChI=1S/C14H17N3O2S/c1-16-9-7-11(10-16)20(18,19)17-8-3-4-12-13(15)5-2-6-14(12)17/h2,5-7,9-10H,3-4,8,15H2,1H3. The normalized spacial score (nSPS) is 15.2. The van der Waals surface area contributed by atoms with Gasteiger partial charge in [0.05, 0.1) is 5.69 Å². The molecule has 1 aromatic carbocycles. The van der Waals surface area contributed by atoms with Crippen molar-refractivity contribution in [2.45, 2.75) is 17.7 Å². The summed E-state index contributed by atoms with van der Waals surface area (Å²) in [6, 6.07) is 7.06. The molecular weight excluding hydrogens is 274 g/mol. The lowest BCUT2D eigenvalue weighted by Crippen LogP contribution is -2.35. The van der Waals surface area contributed by atoms with Crippen LogP contribution in [0.3, 0.4) is 0 Å². The van der Waals surface area contributed by atoms with E-state index >= 15 is 0 Å². The first-order valence-corrected chi connectivity index (χ1v) is 7.96. The number of aromatic nitrogens is 1. The maximum Gasteiger partial charge on any atom is 0.265 e. The number of sulfonamides is 1. The summed E-state index contributed by atoms with van der Waals surface area (Å²) in [6.07, 6.45) is 4.96. The molecule has 0 spiro atoms. The number of benzene rings is 1. The monoisotopic (exact) mass is 291 g/mol. The average Bonchev–Trinajstić information content (AvgIpc) is 2.86. The second-order valence-corrected chi connectivity index (χ2v) is 6.90. The van der Waals surface area contributed by atoms with E-state index in [4.69, 9.17) is 5.73 Å². The molecule has 1 aliphatic heterocycles. The van der Waals surface area contributed by atoms with Gasteiger partial charge in [0.25, 0.3) is 10.0 Å². The van der Waals surface area contributed by atoms with Gasteiger partial charge in [-0.15, -0.1) is 0 Å². The van der Waals surface area contributed by atoms with Crippen LogP contribution in [0.4, 0.5) is 11.4 Å². The predicted molar refractivity (Wildman–Crippen MR) is 79.1 cm³/mol. The van der Waals surface area contributed by atoms with Crippen LogP contribution in [0.25, 0.3) is 0 Å². The highest BCUT2D eigenvalue weighted by Gasteiger charge is 2.30. The third kappa shape index (κ3) is 1.96. The topological polar surface area (TPSA) is 68.3 Å². The van der Waals surface area contributed by atoms with Crippen molar-refractivity contribution in [1.82, 2.24) is 4.57 Å². The van der Waals surface area contributed by atoms with Gasteiger partial charge < -0.3 is 10.3 Å². The summed E-state index contributed by atoms with van der Waals surface area (Å²) in [5.74, 6) is 0. The Balaban J connectivity index is 2.11. The molecule has 3 rings (SSSR count). The predicted octanol–water partition coefficient (Wildman–Crippen LogP) is 1.75. The van der Waals surface area contributed by atoms with Gasteiger partial charge in [-0.1, -0.05) is 6.07 Å². The molecule has 2 aromatic rings. The molecule has 0 fully saturated rings. The SMILES string of the molecule is Cn1ccc(S(=O)(=O)N2CCCc3c(N)cccc32)c1. The van der Waals surface area contributed by atoms with E-state index in [1.165, 1.54) is 4.31 Å². The quantitative estimate of drug-likeness (QED) is 0.857. The highest BCUT2D eigenvalue weighted by Crippen LogP contribution is 2.34. The number of nitrogens with two attached hydrogens (primary N) is 1. The molecule has 0 aliphatic carbocycles. The van der Waals surface area contributed by atoms with E-state index in [0.717, 1.165) is 18.4 Å². The molecule has 1 aromatic heterocycles. The second kappa shape index (κ2) is 4.56. The third-order valence-electron chi connectivity index (χ3n) is 3.64. The molecule has 0 amide bonds. The molecule has 0 saturated heterocycles. The Kier molecular flexibility index (Phi) is 2.97. The van der Waals surface area contributed by atoms with Crippen molar-refractivity contribution in [3.63, 3.8) is 0 Å². The van der Waals surface area contributed by atoms with Crippen LogP contribution in [-0.2, 0) is 23.5 Å². The lowest BCUT2D eigenvalue weighted by molar-refractivity contribution is 0.586. The Labute approximate surface area is 118 Å². The number of hydrogen-bond donors (Lipinski definition) is 1. The van der Waals surface area contributed by atoms with Crippen LogP contribution in [-0.4, -0.2) is 19.5 Å². The molecule has 0 bridgehead atoms. The van der Waals surface area contributed by atoms with E-state index in [2.05, 4.69) is 0 Å². The molecule has 5 nitrogen and oxygen atoms in total. The zero-order chi connectivity index (χ0) is 14.3. The average molecular weight is 291 g/mol. The molecule has 1 aliphatic rings. The molecule has 0 unspecified atom stereocenters. The van der Waals surface area contributed by atoms with Crippen molar-refractivity contribution < 1.29 is 8.42 Å². The largest absolute Gasteiger partial charge is 0.398 e. The summed E-state index contributed by atoms with van der Waals surface area (Å²) < 4.78 is 28.7. The van der Waals surface area contributed by atoms with Crippen LogP contribution in [0, 0.1) is 0 Å². The molecule has 0 atom stereocenters. The van der Waals surface area contributed by atoms with Crippen LogP contribution in [0.2, 0.25) is 0 Å². The Hall–Kier alpha value is -1.95. The second-order valence-electron chi connectivity index (χ2n) is 5.04. The Morgan fingerprint density at radius 1 is 1.25 bits per heavy atom. The number of nitrogens with zero attached hydrogens (tertiary/aromatic N) is 2. The summed E-state index contributed by atoms with van der Waals surface area (Å²) in [7, 11) is -1.71. The zero-order valence-electron chi connectivity index (χ0n) is 11.3. The van der Waals surface area contributed by atoms with Gasteiger partial charge in [0.15, 0.2) is 0 Å². The molecular formula is C14H17N3O2S. The van der Waals surface area contributed by atoms with Crippen LogP contribution in [0.1, 0.15) is 12.0 Å². The number of anilines is 2. The van der Waals surface area contributed by atoms with Gasteiger partial charge in [-0.3, -0.25) is 4.31 Å². The van der Waals surface area contributed by atoms with Crippen LogP contribution in [0.15, 0.2) is 41.6 Å². The third-order valence-corrected chi connectivity index (χ3v) is 5.43. The number of aryl methyl sites for hydroxylation is 1. The smallest absolute Gasteiger partial charge is 0.265 e. The Bertz CT molecular complexity index is 750. The molecule has 2 heterocycles. The van der Waals surface area contributed by atoms with E-state index in [1.807, 2.05) is 12.1 Å². The minimum atomic E-state index is -3.51. The summed E-state index contributed by atoms with van der Waals surface area (Å²) in [5, 5.41) is 0.